The zero-order valence-corrected chi connectivity index (χ0v) is 10.3. The van der Waals surface area contributed by atoms with Crippen LogP contribution in [0.15, 0.2) is 36.4 Å². The summed E-state index contributed by atoms with van der Waals surface area (Å²) in [5.41, 5.74) is 1.04. The maximum absolute atomic E-state index is 11.3. The molecule has 86 valence electrons. The predicted molar refractivity (Wildman–Crippen MR) is 66.9 cm³/mol. The van der Waals surface area contributed by atoms with Crippen molar-refractivity contribution < 1.29 is 9.59 Å². The third-order valence-corrected chi connectivity index (χ3v) is 1.96. The van der Waals surface area contributed by atoms with Crippen LogP contribution in [0.5, 0.6) is 0 Å². The third kappa shape index (κ3) is 2.45. The van der Waals surface area contributed by atoms with E-state index in [1.165, 1.54) is 0 Å². The Balaban J connectivity index is 0.000000509. The van der Waals surface area contributed by atoms with Gasteiger partial charge in [-0.2, -0.15) is 0 Å². The van der Waals surface area contributed by atoms with Gasteiger partial charge in [0.1, 0.15) is 0 Å². The molecule has 16 heavy (non-hydrogen) atoms. The molecule has 0 bridgehead atoms. The Morgan fingerprint density at radius 3 is 1.44 bits per heavy atom. The average molecular weight is 218 g/mol. The first kappa shape index (κ1) is 14.3. The Kier molecular flexibility index (Phi) is 6.01. The lowest BCUT2D eigenvalue weighted by Crippen LogP contribution is -1.97. The Bertz CT molecular complexity index is 366. The van der Waals surface area contributed by atoms with Crippen molar-refractivity contribution in [1.82, 2.24) is 0 Å². The second kappa shape index (κ2) is 6.72. The summed E-state index contributed by atoms with van der Waals surface area (Å²) >= 11 is 0. The van der Waals surface area contributed by atoms with E-state index in [0.29, 0.717) is 11.1 Å². The maximum atomic E-state index is 11.3. The molecule has 0 aromatic heterocycles. The molecule has 0 radical (unpaired) electrons. The van der Waals surface area contributed by atoms with Gasteiger partial charge in [0, 0.05) is 11.1 Å². The highest BCUT2D eigenvalue weighted by Gasteiger charge is 2.30. The van der Waals surface area contributed by atoms with E-state index in [4.69, 9.17) is 0 Å². The summed E-state index contributed by atoms with van der Waals surface area (Å²) in [5, 5.41) is 0. The number of carbonyl (C=O) groups excluding carboxylic acids is 2. The fraction of sp³-hybridized carbons (Fsp3) is 0.286. The zero-order valence-electron chi connectivity index (χ0n) is 10.3. The van der Waals surface area contributed by atoms with E-state index in [9.17, 15) is 9.59 Å². The summed E-state index contributed by atoms with van der Waals surface area (Å²) < 4.78 is 0. The molecule has 0 fully saturated rings. The monoisotopic (exact) mass is 218 g/mol. The molecule has 2 nitrogen and oxygen atoms in total. The smallest absolute Gasteiger partial charge is 0.197 e. The number of allylic oxidation sites excluding steroid dienone is 1. The number of hydrogen-bond acceptors (Lipinski definition) is 2. The van der Waals surface area contributed by atoms with Crippen LogP contribution >= 0.6 is 0 Å². The van der Waals surface area contributed by atoms with Crippen molar-refractivity contribution in [2.45, 2.75) is 27.7 Å². The lowest BCUT2D eigenvalue weighted by molar-refractivity contribution is 0.0989. The molecule has 0 spiro atoms. The SMILES string of the molecule is C=C1C(=O)c2ccccc2C1=O.CC.CC. The highest BCUT2D eigenvalue weighted by molar-refractivity contribution is 6.39. The minimum atomic E-state index is -0.240. The summed E-state index contributed by atoms with van der Waals surface area (Å²) in [6.45, 7) is 11.4. The second-order valence-electron chi connectivity index (χ2n) is 2.68. The number of rotatable bonds is 0. The number of benzene rings is 1. The van der Waals surface area contributed by atoms with E-state index in [1.807, 2.05) is 27.7 Å². The number of Topliss-reactive ketones (excluding diaryl/α,β-unsaturated/α-hetero) is 2. The van der Waals surface area contributed by atoms with Gasteiger partial charge in [0.2, 0.25) is 0 Å². The summed E-state index contributed by atoms with van der Waals surface area (Å²) in [4.78, 5) is 22.6. The summed E-state index contributed by atoms with van der Waals surface area (Å²) in [7, 11) is 0. The van der Waals surface area contributed by atoms with Crippen molar-refractivity contribution in [2.75, 3.05) is 0 Å². The van der Waals surface area contributed by atoms with E-state index in [2.05, 4.69) is 6.58 Å². The van der Waals surface area contributed by atoms with E-state index in [1.54, 1.807) is 24.3 Å². The molecule has 0 aliphatic heterocycles. The van der Waals surface area contributed by atoms with Crippen LogP contribution in [0.3, 0.4) is 0 Å². The van der Waals surface area contributed by atoms with Crippen LogP contribution in [0.4, 0.5) is 0 Å². The zero-order chi connectivity index (χ0) is 12.7. The van der Waals surface area contributed by atoms with Crippen LogP contribution in [0, 0.1) is 0 Å². The largest absolute Gasteiger partial charge is 0.288 e. The molecule has 1 aliphatic rings. The minimum absolute atomic E-state index is 0.0798. The second-order valence-corrected chi connectivity index (χ2v) is 2.68. The molecule has 1 aromatic carbocycles. The lowest BCUT2D eigenvalue weighted by atomic mass is 10.1. The lowest BCUT2D eigenvalue weighted by Gasteiger charge is -1.90. The molecule has 0 atom stereocenters. The number of carbonyl (C=O) groups is 2. The molecule has 2 rings (SSSR count). The summed E-state index contributed by atoms with van der Waals surface area (Å²) in [6, 6.07) is 6.77. The summed E-state index contributed by atoms with van der Waals surface area (Å²) in [6.07, 6.45) is 0. The van der Waals surface area contributed by atoms with Crippen LogP contribution < -0.4 is 0 Å². The fourth-order valence-electron chi connectivity index (χ4n) is 1.31. The van der Waals surface area contributed by atoms with Gasteiger partial charge < -0.3 is 0 Å². The van der Waals surface area contributed by atoms with Crippen LogP contribution in [-0.4, -0.2) is 11.6 Å². The Morgan fingerprint density at radius 2 is 1.12 bits per heavy atom. The first-order chi connectivity index (χ1) is 7.72. The van der Waals surface area contributed by atoms with Gasteiger partial charge in [0.15, 0.2) is 11.6 Å². The van der Waals surface area contributed by atoms with Gasteiger partial charge in [-0.15, -0.1) is 0 Å². The number of fused-ring (bicyclic) bond motifs is 1. The van der Waals surface area contributed by atoms with Crippen molar-refractivity contribution >= 4 is 11.6 Å². The molecule has 1 aromatic rings. The van der Waals surface area contributed by atoms with Crippen molar-refractivity contribution in [3.8, 4) is 0 Å². The first-order valence-corrected chi connectivity index (χ1v) is 5.59. The fourth-order valence-corrected chi connectivity index (χ4v) is 1.31. The first-order valence-electron chi connectivity index (χ1n) is 5.59. The highest BCUT2D eigenvalue weighted by Crippen LogP contribution is 2.24. The molecule has 0 unspecified atom stereocenters. The van der Waals surface area contributed by atoms with Crippen LogP contribution in [-0.2, 0) is 0 Å². The molecule has 0 heterocycles. The van der Waals surface area contributed by atoms with Gasteiger partial charge in [-0.1, -0.05) is 58.5 Å². The Morgan fingerprint density at radius 1 is 0.812 bits per heavy atom. The molecule has 2 heteroatoms. The molecule has 0 amide bonds. The van der Waals surface area contributed by atoms with Gasteiger partial charge in [0.05, 0.1) is 5.57 Å². The maximum Gasteiger partial charge on any atom is 0.197 e. The molecule has 0 saturated carbocycles. The predicted octanol–water partition coefficient (Wildman–Crippen LogP) is 3.67. The Hall–Kier alpha value is -1.70. The van der Waals surface area contributed by atoms with Gasteiger partial charge in [0.25, 0.3) is 0 Å². The van der Waals surface area contributed by atoms with Crippen molar-refractivity contribution in [1.29, 1.82) is 0 Å². The van der Waals surface area contributed by atoms with Gasteiger partial charge in [-0.05, 0) is 0 Å². The van der Waals surface area contributed by atoms with Crippen molar-refractivity contribution in [2.24, 2.45) is 0 Å². The van der Waals surface area contributed by atoms with E-state index in [0.717, 1.165) is 0 Å². The average Bonchev–Trinajstić information content (AvgIpc) is 2.60. The molecule has 0 N–H and O–H groups in total. The molecule has 0 saturated heterocycles. The van der Waals surface area contributed by atoms with Gasteiger partial charge in [-0.3, -0.25) is 9.59 Å². The van der Waals surface area contributed by atoms with Crippen LogP contribution in [0.25, 0.3) is 0 Å². The highest BCUT2D eigenvalue weighted by atomic mass is 16.2. The van der Waals surface area contributed by atoms with Crippen molar-refractivity contribution in [3.05, 3.63) is 47.5 Å². The number of ketones is 2. The Labute approximate surface area is 97.0 Å². The van der Waals surface area contributed by atoms with E-state index < -0.39 is 0 Å². The van der Waals surface area contributed by atoms with Crippen molar-refractivity contribution in [3.63, 3.8) is 0 Å². The normalized spacial score (nSPS) is 12.1. The molecule has 1 aliphatic carbocycles. The van der Waals surface area contributed by atoms with Gasteiger partial charge >= 0.3 is 0 Å². The van der Waals surface area contributed by atoms with E-state index >= 15 is 0 Å². The topological polar surface area (TPSA) is 34.1 Å². The van der Waals surface area contributed by atoms with Crippen LogP contribution in [0.2, 0.25) is 0 Å². The standard InChI is InChI=1S/C10H6O2.2C2H6/c1-6-9(11)7-4-2-3-5-8(7)10(6)12;2*1-2/h2-5H,1H2;2*1-2H3. The summed E-state index contributed by atoms with van der Waals surface area (Å²) in [5.74, 6) is -0.480. The molecular weight excluding hydrogens is 200 g/mol. The third-order valence-electron chi connectivity index (χ3n) is 1.96. The minimum Gasteiger partial charge on any atom is -0.288 e. The number of hydrogen-bond donors (Lipinski definition) is 0. The van der Waals surface area contributed by atoms with Crippen LogP contribution in [0.1, 0.15) is 48.4 Å². The quantitative estimate of drug-likeness (QED) is 0.491. The van der Waals surface area contributed by atoms with Gasteiger partial charge in [-0.25, -0.2) is 0 Å². The van der Waals surface area contributed by atoms with E-state index in [-0.39, 0.29) is 17.1 Å². The molecular formula is C14H18O2.